The minimum Gasteiger partial charge on any atom is -0.478 e. The Morgan fingerprint density at radius 2 is 1.86 bits per heavy atom. The van der Waals surface area contributed by atoms with Gasteiger partial charge in [0.25, 0.3) is 11.5 Å². The van der Waals surface area contributed by atoms with E-state index in [1.807, 2.05) is 13.8 Å². The summed E-state index contributed by atoms with van der Waals surface area (Å²) in [5, 5.41) is 8.86. The fourth-order valence-electron chi connectivity index (χ4n) is 1.81. The molecule has 1 rings (SSSR count). The van der Waals surface area contributed by atoms with Gasteiger partial charge in [-0.2, -0.15) is 4.73 Å². The summed E-state index contributed by atoms with van der Waals surface area (Å²) in [5.41, 5.74) is -0.605. The van der Waals surface area contributed by atoms with Crippen molar-refractivity contribution in [2.45, 2.75) is 26.7 Å². The standard InChI is InChI=1S/C14H20N2O5/c1-3-7-15(8-4-2)13(18)10-21-16-9-11(14(19)20)5-6-12(16)17/h5-6,9H,3-4,7-8,10H2,1-2H3,(H,19,20). The summed E-state index contributed by atoms with van der Waals surface area (Å²) < 4.78 is 0.775. The Morgan fingerprint density at radius 3 is 2.38 bits per heavy atom. The van der Waals surface area contributed by atoms with Crippen LogP contribution in [0.5, 0.6) is 0 Å². The summed E-state index contributed by atoms with van der Waals surface area (Å²) >= 11 is 0. The average molecular weight is 296 g/mol. The molecule has 0 unspecified atom stereocenters. The SMILES string of the molecule is CCCN(CCC)C(=O)COn1cc(C(=O)O)ccc1=O. The van der Waals surface area contributed by atoms with E-state index in [0.29, 0.717) is 13.1 Å². The molecule has 1 amide bonds. The lowest BCUT2D eigenvalue weighted by Gasteiger charge is -2.21. The molecule has 0 bridgehead atoms. The molecular weight excluding hydrogens is 276 g/mol. The predicted octanol–water partition coefficient (Wildman–Crippen LogP) is 0.624. The number of aromatic carboxylic acids is 1. The number of aromatic nitrogens is 1. The number of carbonyl (C=O) groups excluding carboxylic acids is 1. The molecule has 0 aliphatic rings. The third-order valence-electron chi connectivity index (χ3n) is 2.79. The van der Waals surface area contributed by atoms with Gasteiger partial charge in [0.15, 0.2) is 6.61 Å². The van der Waals surface area contributed by atoms with E-state index in [2.05, 4.69) is 0 Å². The second-order valence-corrected chi connectivity index (χ2v) is 4.54. The highest BCUT2D eigenvalue weighted by Crippen LogP contribution is 1.97. The van der Waals surface area contributed by atoms with Gasteiger partial charge in [-0.3, -0.25) is 9.59 Å². The van der Waals surface area contributed by atoms with Crippen molar-refractivity contribution >= 4 is 11.9 Å². The quantitative estimate of drug-likeness (QED) is 0.760. The Bertz CT molecular complexity index is 547. The molecule has 116 valence electrons. The maximum atomic E-state index is 12.0. The number of carbonyl (C=O) groups is 2. The van der Waals surface area contributed by atoms with Crippen molar-refractivity contribution in [2.75, 3.05) is 19.7 Å². The lowest BCUT2D eigenvalue weighted by atomic mass is 10.3. The van der Waals surface area contributed by atoms with Crippen LogP contribution in [0, 0.1) is 0 Å². The molecule has 0 radical (unpaired) electrons. The number of nitrogens with zero attached hydrogens (tertiary/aromatic N) is 2. The van der Waals surface area contributed by atoms with Crippen molar-refractivity contribution in [1.29, 1.82) is 0 Å². The van der Waals surface area contributed by atoms with Gasteiger partial charge < -0.3 is 14.8 Å². The van der Waals surface area contributed by atoms with E-state index >= 15 is 0 Å². The zero-order valence-electron chi connectivity index (χ0n) is 12.2. The smallest absolute Gasteiger partial charge is 0.337 e. The molecular formula is C14H20N2O5. The molecule has 0 atom stereocenters. The molecule has 0 aliphatic carbocycles. The molecule has 0 saturated carbocycles. The van der Waals surface area contributed by atoms with Crippen LogP contribution in [0.1, 0.15) is 37.0 Å². The first kappa shape index (κ1) is 16.7. The Labute approximate surface area is 122 Å². The van der Waals surface area contributed by atoms with Crippen molar-refractivity contribution < 1.29 is 19.5 Å². The van der Waals surface area contributed by atoms with Crippen molar-refractivity contribution in [3.63, 3.8) is 0 Å². The number of carboxylic acid groups (broad SMARTS) is 1. The predicted molar refractivity (Wildman–Crippen MR) is 76.3 cm³/mol. The van der Waals surface area contributed by atoms with Crippen LogP contribution < -0.4 is 10.4 Å². The Hall–Kier alpha value is -2.31. The zero-order chi connectivity index (χ0) is 15.8. The lowest BCUT2D eigenvalue weighted by Crippen LogP contribution is -2.39. The van der Waals surface area contributed by atoms with Crippen LogP contribution in [0.15, 0.2) is 23.1 Å². The number of hydrogen-bond acceptors (Lipinski definition) is 4. The Kier molecular flexibility index (Phi) is 6.45. The number of rotatable bonds is 8. The number of carboxylic acids is 1. The van der Waals surface area contributed by atoms with Crippen LogP contribution in [0.4, 0.5) is 0 Å². The highest BCUT2D eigenvalue weighted by Gasteiger charge is 2.13. The molecule has 1 heterocycles. The van der Waals surface area contributed by atoms with Crippen LogP contribution >= 0.6 is 0 Å². The number of amides is 1. The summed E-state index contributed by atoms with van der Waals surface area (Å²) in [6, 6.07) is 2.27. The maximum Gasteiger partial charge on any atom is 0.337 e. The molecule has 7 heteroatoms. The van der Waals surface area contributed by atoms with Crippen molar-refractivity contribution in [1.82, 2.24) is 9.63 Å². The third kappa shape index (κ3) is 4.94. The molecule has 21 heavy (non-hydrogen) atoms. The summed E-state index contributed by atoms with van der Waals surface area (Å²) in [5.74, 6) is -1.40. The monoisotopic (exact) mass is 296 g/mol. The summed E-state index contributed by atoms with van der Waals surface area (Å²) in [6.07, 6.45) is 2.72. The van der Waals surface area contributed by atoms with Crippen LogP contribution in [0.25, 0.3) is 0 Å². The maximum absolute atomic E-state index is 12.0. The van der Waals surface area contributed by atoms with Gasteiger partial charge in [-0.25, -0.2) is 4.79 Å². The first-order valence-corrected chi connectivity index (χ1v) is 6.86. The van der Waals surface area contributed by atoms with E-state index in [-0.39, 0.29) is 18.1 Å². The van der Waals surface area contributed by atoms with Crippen molar-refractivity contribution in [2.24, 2.45) is 0 Å². The van der Waals surface area contributed by atoms with Crippen LogP contribution in [0.2, 0.25) is 0 Å². The van der Waals surface area contributed by atoms with Crippen LogP contribution in [-0.4, -0.2) is 46.3 Å². The van der Waals surface area contributed by atoms with E-state index in [1.165, 1.54) is 6.07 Å². The summed E-state index contributed by atoms with van der Waals surface area (Å²) in [4.78, 5) is 41.2. The normalized spacial score (nSPS) is 10.2. The molecule has 1 N–H and O–H groups in total. The fourth-order valence-corrected chi connectivity index (χ4v) is 1.81. The highest BCUT2D eigenvalue weighted by atomic mass is 16.7. The van der Waals surface area contributed by atoms with Gasteiger partial charge in [-0.1, -0.05) is 13.8 Å². The summed E-state index contributed by atoms with van der Waals surface area (Å²) in [6.45, 7) is 4.89. The molecule has 1 aromatic rings. The van der Waals surface area contributed by atoms with Gasteiger partial charge in [-0.15, -0.1) is 0 Å². The zero-order valence-corrected chi connectivity index (χ0v) is 12.2. The van der Waals surface area contributed by atoms with Gasteiger partial charge in [-0.05, 0) is 18.9 Å². The third-order valence-corrected chi connectivity index (χ3v) is 2.79. The minimum atomic E-state index is -1.17. The molecule has 0 spiro atoms. The molecule has 0 aliphatic heterocycles. The molecule has 0 fully saturated rings. The summed E-state index contributed by atoms with van der Waals surface area (Å²) in [7, 11) is 0. The first-order chi connectivity index (χ1) is 9.99. The van der Waals surface area contributed by atoms with Gasteiger partial charge in [0.1, 0.15) is 0 Å². The molecule has 7 nitrogen and oxygen atoms in total. The van der Waals surface area contributed by atoms with Gasteiger partial charge in [0.05, 0.1) is 11.8 Å². The molecule has 0 aromatic carbocycles. The van der Waals surface area contributed by atoms with Crippen LogP contribution in [0.3, 0.4) is 0 Å². The number of hydrogen-bond donors (Lipinski definition) is 1. The second kappa shape index (κ2) is 8.08. The van der Waals surface area contributed by atoms with Gasteiger partial charge in [0.2, 0.25) is 0 Å². The molecule has 1 aromatic heterocycles. The average Bonchev–Trinajstić information content (AvgIpc) is 2.45. The van der Waals surface area contributed by atoms with Crippen molar-refractivity contribution in [3.05, 3.63) is 34.2 Å². The van der Waals surface area contributed by atoms with Crippen molar-refractivity contribution in [3.8, 4) is 0 Å². The topological polar surface area (TPSA) is 88.8 Å². The highest BCUT2D eigenvalue weighted by molar-refractivity contribution is 5.87. The van der Waals surface area contributed by atoms with E-state index < -0.39 is 11.5 Å². The second-order valence-electron chi connectivity index (χ2n) is 4.54. The fraction of sp³-hybridized carbons (Fsp3) is 0.500. The number of pyridine rings is 1. The van der Waals surface area contributed by atoms with E-state index in [9.17, 15) is 14.4 Å². The van der Waals surface area contributed by atoms with E-state index in [0.717, 1.165) is 29.8 Å². The largest absolute Gasteiger partial charge is 0.478 e. The lowest BCUT2D eigenvalue weighted by molar-refractivity contribution is -0.136. The van der Waals surface area contributed by atoms with E-state index in [1.54, 1.807) is 4.90 Å². The van der Waals surface area contributed by atoms with Gasteiger partial charge >= 0.3 is 5.97 Å². The Balaban J connectivity index is 2.73. The van der Waals surface area contributed by atoms with E-state index in [4.69, 9.17) is 9.94 Å². The van der Waals surface area contributed by atoms with Gasteiger partial charge in [0, 0.05) is 19.2 Å². The molecule has 0 saturated heterocycles. The minimum absolute atomic E-state index is 0.0824. The van der Waals surface area contributed by atoms with Crippen LogP contribution in [-0.2, 0) is 4.79 Å². The Morgan fingerprint density at radius 1 is 1.24 bits per heavy atom. The first-order valence-electron chi connectivity index (χ1n) is 6.86.